The Morgan fingerprint density at radius 1 is 1.21 bits per heavy atom. The van der Waals surface area contributed by atoms with Crippen LogP contribution >= 0.6 is 11.8 Å². The lowest BCUT2D eigenvalue weighted by atomic mass is 9.85. The van der Waals surface area contributed by atoms with Crippen molar-refractivity contribution in [2.24, 2.45) is 5.14 Å². The van der Waals surface area contributed by atoms with Crippen LogP contribution in [-0.2, 0) is 15.0 Å². The van der Waals surface area contributed by atoms with Crippen molar-refractivity contribution in [2.75, 3.05) is 17.1 Å². The molecule has 0 unspecified atom stereocenters. The first-order valence-corrected chi connectivity index (χ1v) is 12.1. The van der Waals surface area contributed by atoms with E-state index in [9.17, 15) is 35.2 Å². The highest BCUT2D eigenvalue weighted by molar-refractivity contribution is 8.02. The number of thioether (sulfide) groups is 1. The van der Waals surface area contributed by atoms with Crippen LogP contribution in [0.3, 0.4) is 0 Å². The van der Waals surface area contributed by atoms with Crippen molar-refractivity contribution in [3.05, 3.63) is 53.6 Å². The first-order chi connectivity index (χ1) is 15.6. The standard InChI is InChI=1S/C20H20F5N3O4S2/c1-19(20(23,24)25)9-13(12-6-7-14(21)15(22)16(12)32-2)17(33-19)18(29)27-10-4-3-5-11(8-10)28-34(26,30)31/h3-8,13,17,28H,9H2,1-2H3,(H,27,29)(H2,26,30,31)/t13-,17+,19+/m0/s1. The van der Waals surface area contributed by atoms with E-state index >= 15 is 0 Å². The Morgan fingerprint density at radius 2 is 1.85 bits per heavy atom. The van der Waals surface area contributed by atoms with Crippen LogP contribution in [0.2, 0.25) is 0 Å². The van der Waals surface area contributed by atoms with E-state index in [4.69, 9.17) is 9.88 Å². The molecule has 2 aromatic carbocycles. The Kier molecular flexibility index (Phi) is 7.06. The maximum Gasteiger partial charge on any atom is 0.403 e. The zero-order valence-corrected chi connectivity index (χ0v) is 19.4. The van der Waals surface area contributed by atoms with Crippen LogP contribution < -0.4 is 19.9 Å². The molecule has 34 heavy (non-hydrogen) atoms. The first-order valence-electron chi connectivity index (χ1n) is 9.63. The lowest BCUT2D eigenvalue weighted by Crippen LogP contribution is -2.37. The molecule has 1 amide bonds. The van der Waals surface area contributed by atoms with Gasteiger partial charge in [0, 0.05) is 17.2 Å². The smallest absolute Gasteiger partial charge is 0.403 e. The van der Waals surface area contributed by atoms with Crippen LogP contribution in [0, 0.1) is 11.6 Å². The Bertz CT molecular complexity index is 1210. The van der Waals surface area contributed by atoms with Crippen molar-refractivity contribution in [2.45, 2.75) is 35.4 Å². The monoisotopic (exact) mass is 525 g/mol. The SMILES string of the molecule is COc1c([C@@H]2C[C@](C)(C(F)(F)F)S[C@H]2C(=O)Nc2cccc(NS(N)(=O)=O)c2)ccc(F)c1F. The van der Waals surface area contributed by atoms with Crippen molar-refractivity contribution >= 4 is 39.3 Å². The number of carbonyl (C=O) groups is 1. The summed E-state index contributed by atoms with van der Waals surface area (Å²) in [4.78, 5) is 13.1. The molecule has 0 radical (unpaired) electrons. The molecule has 3 rings (SSSR count). The predicted molar refractivity (Wildman–Crippen MR) is 118 cm³/mol. The van der Waals surface area contributed by atoms with E-state index in [0.29, 0.717) is 11.8 Å². The molecule has 0 spiro atoms. The largest absolute Gasteiger partial charge is 0.493 e. The number of halogens is 5. The molecule has 3 atom stereocenters. The Labute approximate surface area is 196 Å². The van der Waals surface area contributed by atoms with Gasteiger partial charge in [-0.05, 0) is 37.6 Å². The number of amides is 1. The van der Waals surface area contributed by atoms with Crippen molar-refractivity contribution < 1.29 is 39.9 Å². The van der Waals surface area contributed by atoms with Crippen LogP contribution in [0.15, 0.2) is 36.4 Å². The van der Waals surface area contributed by atoms with Gasteiger partial charge in [0.15, 0.2) is 11.6 Å². The van der Waals surface area contributed by atoms with Crippen molar-refractivity contribution in [1.82, 2.24) is 0 Å². The summed E-state index contributed by atoms with van der Waals surface area (Å²) in [7, 11) is -3.05. The van der Waals surface area contributed by atoms with Crippen LogP contribution in [0.1, 0.15) is 24.8 Å². The summed E-state index contributed by atoms with van der Waals surface area (Å²) >= 11 is 0.353. The van der Waals surface area contributed by atoms with Gasteiger partial charge in [-0.2, -0.15) is 26.0 Å². The number of hydrogen-bond donors (Lipinski definition) is 3. The highest BCUT2D eigenvalue weighted by Gasteiger charge is 2.60. The lowest BCUT2D eigenvalue weighted by molar-refractivity contribution is -0.155. The molecule has 14 heteroatoms. The van der Waals surface area contributed by atoms with Gasteiger partial charge in [-0.3, -0.25) is 9.52 Å². The van der Waals surface area contributed by atoms with Crippen molar-refractivity contribution in [3.63, 3.8) is 0 Å². The molecular formula is C20H20F5N3O4S2. The highest BCUT2D eigenvalue weighted by atomic mass is 32.2. The average Bonchev–Trinajstić information content (AvgIpc) is 3.08. The zero-order valence-electron chi connectivity index (χ0n) is 17.7. The Balaban J connectivity index is 1.98. The van der Waals surface area contributed by atoms with Gasteiger partial charge in [-0.15, -0.1) is 11.8 Å². The molecule has 0 bridgehead atoms. The van der Waals surface area contributed by atoms with E-state index in [0.717, 1.165) is 26.2 Å². The second kappa shape index (κ2) is 9.23. The summed E-state index contributed by atoms with van der Waals surface area (Å²) in [5, 5.41) is 6.01. The topological polar surface area (TPSA) is 111 Å². The first kappa shape index (κ1) is 26.0. The molecule has 1 saturated heterocycles. The summed E-state index contributed by atoms with van der Waals surface area (Å²) in [6.45, 7) is 0.932. The number of benzene rings is 2. The third-order valence-electron chi connectivity index (χ3n) is 5.29. The van der Waals surface area contributed by atoms with Gasteiger partial charge in [0.05, 0.1) is 18.0 Å². The summed E-state index contributed by atoms with van der Waals surface area (Å²) in [5.41, 5.74) is 0.0147. The molecule has 0 aliphatic carbocycles. The van der Waals surface area contributed by atoms with Crippen LogP contribution in [0.4, 0.5) is 33.3 Å². The molecule has 1 aliphatic rings. The fourth-order valence-corrected chi connectivity index (χ4v) is 5.71. The fraction of sp³-hybridized carbons (Fsp3) is 0.350. The number of anilines is 2. The van der Waals surface area contributed by atoms with E-state index in [1.165, 1.54) is 24.3 Å². The van der Waals surface area contributed by atoms with Crippen LogP contribution in [0.5, 0.6) is 5.75 Å². The van der Waals surface area contributed by atoms with Crippen molar-refractivity contribution in [3.8, 4) is 5.75 Å². The van der Waals surface area contributed by atoms with Gasteiger partial charge >= 0.3 is 6.18 Å². The zero-order chi connectivity index (χ0) is 25.5. The number of rotatable bonds is 6. The second-order valence-electron chi connectivity index (χ2n) is 7.78. The van der Waals surface area contributed by atoms with E-state index in [1.807, 2.05) is 4.72 Å². The quantitative estimate of drug-likeness (QED) is 0.491. The van der Waals surface area contributed by atoms with E-state index < -0.39 is 62.0 Å². The van der Waals surface area contributed by atoms with Gasteiger partial charge in [0.2, 0.25) is 11.7 Å². The predicted octanol–water partition coefficient (Wildman–Crippen LogP) is 4.14. The van der Waals surface area contributed by atoms with Gasteiger partial charge in [-0.25, -0.2) is 9.53 Å². The molecule has 2 aromatic rings. The molecule has 4 N–H and O–H groups in total. The van der Waals surface area contributed by atoms with Gasteiger partial charge in [0.25, 0.3) is 10.2 Å². The van der Waals surface area contributed by atoms with E-state index in [-0.39, 0.29) is 16.9 Å². The van der Waals surface area contributed by atoms with E-state index in [1.54, 1.807) is 0 Å². The van der Waals surface area contributed by atoms with Gasteiger partial charge in [0.1, 0.15) is 4.75 Å². The molecule has 0 aromatic heterocycles. The fourth-order valence-electron chi connectivity index (χ4n) is 3.71. The molecule has 1 heterocycles. The summed E-state index contributed by atoms with van der Waals surface area (Å²) in [6, 6.07) is 7.21. The number of nitrogens with two attached hydrogens (primary N) is 1. The summed E-state index contributed by atoms with van der Waals surface area (Å²) in [5.74, 6) is -5.21. The lowest BCUT2D eigenvalue weighted by Gasteiger charge is -2.26. The number of methoxy groups -OCH3 is 1. The molecule has 1 aliphatic heterocycles. The number of nitrogens with one attached hydrogen (secondary N) is 2. The third kappa shape index (κ3) is 5.39. The molecule has 1 fully saturated rings. The van der Waals surface area contributed by atoms with E-state index in [2.05, 4.69) is 5.32 Å². The molecular weight excluding hydrogens is 505 g/mol. The van der Waals surface area contributed by atoms with Gasteiger partial charge in [-0.1, -0.05) is 12.1 Å². The number of ether oxygens (including phenoxy) is 1. The molecule has 186 valence electrons. The number of hydrogen-bond acceptors (Lipinski definition) is 5. The summed E-state index contributed by atoms with van der Waals surface area (Å²) < 4.78 is 96.5. The molecule has 7 nitrogen and oxygen atoms in total. The maximum atomic E-state index is 14.3. The minimum absolute atomic E-state index is 0.0123. The molecule has 0 saturated carbocycles. The van der Waals surface area contributed by atoms with Crippen LogP contribution in [0.25, 0.3) is 0 Å². The van der Waals surface area contributed by atoms with Crippen LogP contribution in [-0.4, -0.2) is 37.6 Å². The van der Waals surface area contributed by atoms with Crippen molar-refractivity contribution in [1.29, 1.82) is 0 Å². The normalized spacial score (nSPS) is 22.9. The van der Waals surface area contributed by atoms with Gasteiger partial charge < -0.3 is 10.1 Å². The minimum atomic E-state index is -4.70. The Morgan fingerprint density at radius 3 is 2.44 bits per heavy atom. The second-order valence-corrected chi connectivity index (χ2v) is 10.7. The Hall–Kier alpha value is -2.58. The average molecular weight is 526 g/mol. The number of alkyl halides is 3. The summed E-state index contributed by atoms with van der Waals surface area (Å²) in [6.07, 6.45) is -5.29. The highest BCUT2D eigenvalue weighted by Crippen LogP contribution is 2.59. The maximum absolute atomic E-state index is 14.3. The number of carbonyl (C=O) groups excluding carboxylic acids is 1. The third-order valence-corrected chi connectivity index (χ3v) is 7.53. The minimum Gasteiger partial charge on any atom is -0.493 e.